The second-order valence-electron chi connectivity index (χ2n) is 3.42. The van der Waals surface area contributed by atoms with Crippen molar-refractivity contribution >= 4 is 72.8 Å². The molecule has 1 heterocycles. The molecule has 19 heavy (non-hydrogen) atoms. The minimum atomic E-state index is -3.84. The maximum absolute atomic E-state index is 13.0. The summed E-state index contributed by atoms with van der Waals surface area (Å²) in [5.74, 6) is -0.441. The van der Waals surface area contributed by atoms with Gasteiger partial charge in [-0.3, -0.25) is 4.72 Å². The van der Waals surface area contributed by atoms with Crippen LogP contribution in [0.3, 0.4) is 0 Å². The SMILES string of the molecule is O=S(=O)(Nc1ccc(F)cc1I)c1cc(Cl)sc1Cl. The first-order chi connectivity index (χ1) is 8.79. The second kappa shape index (κ2) is 5.72. The largest absolute Gasteiger partial charge is 0.278 e. The van der Waals surface area contributed by atoms with Gasteiger partial charge in [0.1, 0.15) is 15.0 Å². The van der Waals surface area contributed by atoms with Gasteiger partial charge in [0.15, 0.2) is 0 Å². The Morgan fingerprint density at radius 1 is 1.26 bits per heavy atom. The molecule has 0 fully saturated rings. The van der Waals surface area contributed by atoms with Gasteiger partial charge in [0.25, 0.3) is 10.0 Å². The molecule has 0 atom stereocenters. The van der Waals surface area contributed by atoms with Crippen molar-refractivity contribution in [2.75, 3.05) is 4.72 Å². The molecule has 0 aliphatic carbocycles. The summed E-state index contributed by atoms with van der Waals surface area (Å²) in [4.78, 5) is -0.0932. The summed E-state index contributed by atoms with van der Waals surface area (Å²) in [6, 6.07) is 5.01. The topological polar surface area (TPSA) is 46.2 Å². The highest BCUT2D eigenvalue weighted by Crippen LogP contribution is 2.35. The predicted octanol–water partition coefficient (Wildman–Crippen LogP) is 4.60. The third-order valence-electron chi connectivity index (χ3n) is 2.09. The average Bonchev–Trinajstić information content (AvgIpc) is 2.63. The minimum absolute atomic E-state index is 0.0784. The maximum atomic E-state index is 13.0. The van der Waals surface area contributed by atoms with E-state index in [9.17, 15) is 12.8 Å². The first-order valence-corrected chi connectivity index (χ1v) is 8.86. The zero-order valence-electron chi connectivity index (χ0n) is 8.95. The Morgan fingerprint density at radius 2 is 1.95 bits per heavy atom. The zero-order valence-corrected chi connectivity index (χ0v) is 14.3. The average molecular weight is 452 g/mol. The van der Waals surface area contributed by atoms with E-state index in [-0.39, 0.29) is 19.3 Å². The van der Waals surface area contributed by atoms with Crippen LogP contribution in [0.1, 0.15) is 0 Å². The minimum Gasteiger partial charge on any atom is -0.278 e. The number of thiophene rings is 1. The third-order valence-corrected chi connectivity index (χ3v) is 6.10. The maximum Gasteiger partial charge on any atom is 0.264 e. The number of hydrogen-bond acceptors (Lipinski definition) is 3. The first-order valence-electron chi connectivity index (χ1n) is 4.72. The van der Waals surface area contributed by atoms with Crippen molar-refractivity contribution < 1.29 is 12.8 Å². The van der Waals surface area contributed by atoms with Gasteiger partial charge in [-0.25, -0.2) is 12.8 Å². The van der Waals surface area contributed by atoms with Gasteiger partial charge in [0.2, 0.25) is 0 Å². The summed E-state index contributed by atoms with van der Waals surface area (Å²) in [6.07, 6.45) is 0. The standard InChI is InChI=1S/C10H5Cl2FINO2S2/c11-9-4-8(10(12)18-9)19(16,17)15-7-2-1-5(13)3-6(7)14/h1-4,15H. The molecular formula is C10H5Cl2FINO2S2. The van der Waals surface area contributed by atoms with Gasteiger partial charge in [0, 0.05) is 3.57 Å². The van der Waals surface area contributed by atoms with Crippen LogP contribution in [0.4, 0.5) is 10.1 Å². The number of rotatable bonds is 3. The fourth-order valence-corrected chi connectivity index (χ4v) is 5.31. The van der Waals surface area contributed by atoms with Gasteiger partial charge in [-0.05, 0) is 46.9 Å². The Labute approximate surface area is 136 Å². The van der Waals surface area contributed by atoms with E-state index in [1.165, 1.54) is 24.3 Å². The summed E-state index contributed by atoms with van der Waals surface area (Å²) in [5.41, 5.74) is 0.278. The van der Waals surface area contributed by atoms with Crippen molar-refractivity contribution in [3.8, 4) is 0 Å². The Balaban J connectivity index is 2.39. The molecule has 0 saturated heterocycles. The van der Waals surface area contributed by atoms with E-state index in [1.54, 1.807) is 0 Å². The molecule has 0 unspecified atom stereocenters. The van der Waals surface area contributed by atoms with Gasteiger partial charge >= 0.3 is 0 Å². The highest BCUT2D eigenvalue weighted by Gasteiger charge is 2.21. The fraction of sp³-hybridized carbons (Fsp3) is 0. The summed E-state index contributed by atoms with van der Waals surface area (Å²) in [6.45, 7) is 0. The molecule has 2 rings (SSSR count). The summed E-state index contributed by atoms with van der Waals surface area (Å²) in [7, 11) is -3.84. The lowest BCUT2D eigenvalue weighted by Crippen LogP contribution is -2.13. The van der Waals surface area contributed by atoms with E-state index in [1.807, 2.05) is 22.6 Å². The quantitative estimate of drug-likeness (QED) is 0.693. The fourth-order valence-electron chi connectivity index (χ4n) is 1.28. The van der Waals surface area contributed by atoms with E-state index < -0.39 is 15.8 Å². The first kappa shape index (κ1) is 15.3. The molecule has 102 valence electrons. The van der Waals surface area contributed by atoms with Gasteiger partial charge in [-0.2, -0.15) is 0 Å². The highest BCUT2D eigenvalue weighted by molar-refractivity contribution is 14.1. The lowest BCUT2D eigenvalue weighted by molar-refractivity contribution is 0.601. The van der Waals surface area contributed by atoms with Crippen LogP contribution >= 0.6 is 57.1 Å². The van der Waals surface area contributed by atoms with Crippen LogP contribution in [0.5, 0.6) is 0 Å². The van der Waals surface area contributed by atoms with Crippen molar-refractivity contribution in [3.63, 3.8) is 0 Å². The number of nitrogens with one attached hydrogen (secondary N) is 1. The molecule has 0 amide bonds. The Hall–Kier alpha value is -0.0900. The summed E-state index contributed by atoms with van der Waals surface area (Å²) in [5, 5.41) is 0. The van der Waals surface area contributed by atoms with Crippen LogP contribution < -0.4 is 4.72 Å². The van der Waals surface area contributed by atoms with Gasteiger partial charge in [-0.1, -0.05) is 23.2 Å². The molecular weight excluding hydrogens is 447 g/mol. The normalized spacial score (nSPS) is 11.6. The van der Waals surface area contributed by atoms with Crippen molar-refractivity contribution in [2.45, 2.75) is 4.90 Å². The van der Waals surface area contributed by atoms with Crippen LogP contribution in [-0.2, 0) is 10.0 Å². The van der Waals surface area contributed by atoms with Crippen LogP contribution in [0, 0.1) is 9.39 Å². The number of benzene rings is 1. The summed E-state index contributed by atoms with van der Waals surface area (Å²) >= 11 is 14.3. The van der Waals surface area contributed by atoms with Crippen LogP contribution in [0.25, 0.3) is 0 Å². The lowest BCUT2D eigenvalue weighted by Gasteiger charge is -2.08. The third kappa shape index (κ3) is 3.52. The number of halogens is 4. The van der Waals surface area contributed by atoms with Gasteiger partial charge < -0.3 is 0 Å². The zero-order chi connectivity index (χ0) is 14.2. The van der Waals surface area contributed by atoms with Crippen molar-refractivity contribution in [3.05, 3.63) is 42.3 Å². The molecule has 1 aromatic heterocycles. The second-order valence-corrected chi connectivity index (χ2v) is 8.52. The van der Waals surface area contributed by atoms with Crippen molar-refractivity contribution in [2.24, 2.45) is 0 Å². The molecule has 0 bridgehead atoms. The van der Waals surface area contributed by atoms with Crippen molar-refractivity contribution in [1.29, 1.82) is 0 Å². The van der Waals surface area contributed by atoms with Crippen molar-refractivity contribution in [1.82, 2.24) is 0 Å². The van der Waals surface area contributed by atoms with Crippen LogP contribution in [0.15, 0.2) is 29.2 Å². The van der Waals surface area contributed by atoms with E-state index in [2.05, 4.69) is 4.72 Å². The van der Waals surface area contributed by atoms with E-state index in [0.717, 1.165) is 11.3 Å². The molecule has 0 spiro atoms. The van der Waals surface area contributed by atoms with E-state index in [4.69, 9.17) is 23.2 Å². The number of anilines is 1. The molecule has 9 heteroatoms. The monoisotopic (exact) mass is 451 g/mol. The molecule has 0 radical (unpaired) electrons. The highest BCUT2D eigenvalue weighted by atomic mass is 127. The van der Waals surface area contributed by atoms with E-state index in [0.29, 0.717) is 3.57 Å². The lowest BCUT2D eigenvalue weighted by atomic mass is 10.3. The molecule has 0 aliphatic rings. The van der Waals surface area contributed by atoms with Gasteiger partial charge in [0.05, 0.1) is 10.0 Å². The van der Waals surface area contributed by atoms with Gasteiger partial charge in [-0.15, -0.1) is 11.3 Å². The Morgan fingerprint density at radius 3 is 2.47 bits per heavy atom. The summed E-state index contributed by atoms with van der Waals surface area (Å²) < 4.78 is 40.4. The predicted molar refractivity (Wildman–Crippen MR) is 84.3 cm³/mol. The number of hydrogen-bond donors (Lipinski definition) is 1. The molecule has 0 aliphatic heterocycles. The Kier molecular flexibility index (Phi) is 4.61. The molecule has 1 N–H and O–H groups in total. The molecule has 2 aromatic rings. The van der Waals surface area contributed by atoms with E-state index >= 15 is 0 Å². The van der Waals surface area contributed by atoms with Crippen LogP contribution in [-0.4, -0.2) is 8.42 Å². The molecule has 1 aromatic carbocycles. The Bertz CT molecular complexity index is 733. The van der Waals surface area contributed by atoms with Crippen LogP contribution in [0.2, 0.25) is 8.67 Å². The smallest absolute Gasteiger partial charge is 0.264 e. The molecule has 0 saturated carbocycles. The number of sulfonamides is 1. The molecule has 3 nitrogen and oxygen atoms in total.